The van der Waals surface area contributed by atoms with Gasteiger partial charge in [0.25, 0.3) is 5.91 Å². The van der Waals surface area contributed by atoms with Crippen LogP contribution in [-0.2, 0) is 57.1 Å². The number of carbonyl (C=O) groups is 3. The predicted octanol–water partition coefficient (Wildman–Crippen LogP) is 4.34. The van der Waals surface area contributed by atoms with Gasteiger partial charge >= 0.3 is 20.1 Å². The fraction of sp³-hybridized carbons (Fsp3) is 0.424. The summed E-state index contributed by atoms with van der Waals surface area (Å²) < 4.78 is 58.8. The molecular weight excluding hydrogens is 725 g/mol. The Hall–Kier alpha value is -4.13. The van der Waals surface area contributed by atoms with Crippen molar-refractivity contribution >= 4 is 37.8 Å². The zero-order valence-electron chi connectivity index (χ0n) is 28.1. The summed E-state index contributed by atoms with van der Waals surface area (Å²) in [5.74, 6) is 0.165. The number of fused-ring (bicyclic) bond motifs is 5. The van der Waals surface area contributed by atoms with Gasteiger partial charge in [0.15, 0.2) is 18.2 Å². The van der Waals surface area contributed by atoms with E-state index in [-0.39, 0.29) is 24.1 Å². The number of ether oxygens (including phenoxy) is 6. The van der Waals surface area contributed by atoms with E-state index in [1.807, 2.05) is 29.2 Å². The lowest BCUT2D eigenvalue weighted by molar-refractivity contribution is -0.207. The second-order valence-corrected chi connectivity index (χ2v) is 14.8. The van der Waals surface area contributed by atoms with E-state index in [9.17, 15) is 24.1 Å². The minimum Gasteiger partial charge on any atom is -0.466 e. The third kappa shape index (κ3) is 7.00. The van der Waals surface area contributed by atoms with Crippen LogP contribution in [0.2, 0.25) is 0 Å². The van der Waals surface area contributed by atoms with Crippen molar-refractivity contribution < 1.29 is 66.0 Å². The number of hydrogen-bond acceptors (Lipinski definition) is 17. The average molecular weight is 762 g/mol. The maximum absolute atomic E-state index is 14.7. The van der Waals surface area contributed by atoms with Crippen LogP contribution in [0.15, 0.2) is 77.2 Å². The molecule has 2 saturated heterocycles. The number of phosphoric acid groups is 1. The number of hydrazine groups is 1. The molecule has 0 radical (unpaired) electrons. The van der Waals surface area contributed by atoms with Crippen LogP contribution in [0.25, 0.3) is 0 Å². The third-order valence-corrected chi connectivity index (χ3v) is 11.5. The Morgan fingerprint density at radius 1 is 0.962 bits per heavy atom. The molecule has 7 rings (SSSR count). The molecule has 0 aromatic heterocycles. The van der Waals surface area contributed by atoms with Crippen molar-refractivity contribution in [1.29, 1.82) is 0 Å². The first kappa shape index (κ1) is 36.2. The zero-order valence-corrected chi connectivity index (χ0v) is 29.8. The number of thioether (sulfide) groups is 1. The highest BCUT2D eigenvalue weighted by molar-refractivity contribution is 7.98. The molecule has 1 amide bonds. The lowest BCUT2D eigenvalue weighted by atomic mass is 9.92. The second kappa shape index (κ2) is 15.1. The van der Waals surface area contributed by atoms with Gasteiger partial charge in [0.2, 0.25) is 13.6 Å². The Bertz CT molecular complexity index is 1750. The Labute approximate surface area is 302 Å². The van der Waals surface area contributed by atoms with Crippen LogP contribution in [0.3, 0.4) is 0 Å². The highest BCUT2D eigenvalue weighted by Gasteiger charge is 2.62. The van der Waals surface area contributed by atoms with Gasteiger partial charge in [0.1, 0.15) is 12.3 Å². The van der Waals surface area contributed by atoms with E-state index < -0.39 is 64.2 Å². The van der Waals surface area contributed by atoms with Crippen LogP contribution in [-0.4, -0.2) is 104 Å². The molecule has 52 heavy (non-hydrogen) atoms. The van der Waals surface area contributed by atoms with Crippen molar-refractivity contribution in [3.63, 3.8) is 0 Å². The number of aliphatic hydroxyl groups excluding tert-OH is 1. The van der Waals surface area contributed by atoms with Crippen LogP contribution in [0.4, 0.5) is 9.59 Å². The summed E-state index contributed by atoms with van der Waals surface area (Å²) in [5, 5.41) is 15.1. The Morgan fingerprint density at radius 2 is 1.62 bits per heavy atom. The lowest BCUT2D eigenvalue weighted by Crippen LogP contribution is -2.71. The van der Waals surface area contributed by atoms with E-state index in [2.05, 4.69) is 48.2 Å². The van der Waals surface area contributed by atoms with Gasteiger partial charge in [0, 0.05) is 16.8 Å². The zero-order chi connectivity index (χ0) is 36.5. The molecule has 17 nitrogen and oxygen atoms in total. The fourth-order valence-corrected chi connectivity index (χ4v) is 8.48. The van der Waals surface area contributed by atoms with Gasteiger partial charge in [-0.05, 0) is 41.7 Å². The highest BCUT2D eigenvalue weighted by Crippen LogP contribution is 2.54. The van der Waals surface area contributed by atoms with Crippen LogP contribution in [0.1, 0.15) is 35.6 Å². The number of aliphatic hydroxyl groups is 1. The Kier molecular flexibility index (Phi) is 10.5. The monoisotopic (exact) mass is 761 g/mol. The van der Waals surface area contributed by atoms with Gasteiger partial charge < -0.3 is 38.4 Å². The van der Waals surface area contributed by atoms with E-state index in [1.54, 1.807) is 23.0 Å². The summed E-state index contributed by atoms with van der Waals surface area (Å²) in [7, 11) is -2.58. The van der Waals surface area contributed by atoms with Crippen molar-refractivity contribution in [3.8, 4) is 0 Å². The summed E-state index contributed by atoms with van der Waals surface area (Å²) in [5.41, 5.74) is 2.70. The highest BCUT2D eigenvalue weighted by atomic mass is 32.2. The predicted molar refractivity (Wildman–Crippen MR) is 177 cm³/mol. The molecule has 3 atom stereocenters. The third-order valence-electron chi connectivity index (χ3n) is 9.13. The molecule has 3 fully saturated rings. The number of rotatable bonds is 11. The summed E-state index contributed by atoms with van der Waals surface area (Å²) in [6.45, 7) is -2.17. The van der Waals surface area contributed by atoms with Gasteiger partial charge in [-0.15, -0.1) is 11.8 Å². The van der Waals surface area contributed by atoms with Crippen LogP contribution >= 0.6 is 19.6 Å². The SMILES string of the molecule is COC(=O)OCOP(=O)(OCOC(=O)OC)OCOC1=C2C(=O)N3[C@@H](COCC34CC4)N([C@H]3c4ccccc4CSc4ccccc43)N2C=CC1O. The van der Waals surface area contributed by atoms with Gasteiger partial charge in [-0.3, -0.25) is 9.80 Å². The summed E-state index contributed by atoms with van der Waals surface area (Å²) in [6, 6.07) is 15.9. The van der Waals surface area contributed by atoms with Crippen LogP contribution in [0.5, 0.6) is 0 Å². The van der Waals surface area contributed by atoms with E-state index >= 15 is 0 Å². The molecule has 1 spiro atoms. The summed E-state index contributed by atoms with van der Waals surface area (Å²) in [4.78, 5) is 40.4. The smallest absolute Gasteiger partial charge is 0.466 e. The standard InChI is InChI=1S/C33H36N3O14PS/c1-42-31(39)46-19-49-51(41,50-20-47-32(40)43-2)48-18-45-29-24(37)11-14-34-28(29)30(38)35-26(15-44-17-33(35)12-13-33)36(34)27-22-8-4-3-7-21(22)16-52-25-10-6-5-9-23(25)27/h3-11,14,24,26-27,37H,12-13,15-20H2,1-2H3/t24?,26-,27+/m1/s1. The van der Waals surface area contributed by atoms with Crippen LogP contribution < -0.4 is 0 Å². The molecular formula is C33H36N3O14PS. The molecule has 2 aromatic rings. The molecule has 1 aliphatic carbocycles. The lowest BCUT2D eigenvalue weighted by Gasteiger charge is -2.57. The van der Waals surface area contributed by atoms with Crippen LogP contribution in [0, 0.1) is 0 Å². The average Bonchev–Trinajstić information content (AvgIpc) is 3.94. The van der Waals surface area contributed by atoms with E-state index in [0.29, 0.717) is 6.61 Å². The first-order chi connectivity index (χ1) is 25.2. The topological polar surface area (TPSA) is 181 Å². The second-order valence-electron chi connectivity index (χ2n) is 12.1. The number of amides is 1. The number of phosphoric ester groups is 1. The van der Waals surface area contributed by atoms with E-state index in [0.717, 1.165) is 54.4 Å². The number of hydrogen-bond donors (Lipinski definition) is 1. The summed E-state index contributed by atoms with van der Waals surface area (Å²) in [6.07, 6.45) is 0.328. The quantitative estimate of drug-likeness (QED) is 0.194. The van der Waals surface area contributed by atoms with Crippen molar-refractivity contribution in [3.05, 3.63) is 89.0 Å². The minimum atomic E-state index is -4.69. The van der Waals surface area contributed by atoms with Gasteiger partial charge in [-0.25, -0.2) is 27.7 Å². The van der Waals surface area contributed by atoms with E-state index in [4.69, 9.17) is 23.0 Å². The number of nitrogens with zero attached hydrogens (tertiary/aromatic N) is 3. The number of methoxy groups -OCH3 is 2. The Balaban J connectivity index is 1.24. The molecule has 4 aliphatic heterocycles. The first-order valence-electron chi connectivity index (χ1n) is 16.2. The maximum atomic E-state index is 14.7. The molecule has 4 heterocycles. The molecule has 1 unspecified atom stereocenters. The van der Waals surface area contributed by atoms with Crippen molar-refractivity contribution in [2.45, 2.75) is 47.3 Å². The van der Waals surface area contributed by atoms with Gasteiger partial charge in [-0.1, -0.05) is 42.5 Å². The normalized spacial score (nSPS) is 23.1. The number of carbonyl (C=O) groups excluding carboxylic acids is 3. The minimum absolute atomic E-state index is 0.0228. The molecule has 19 heteroatoms. The van der Waals surface area contributed by atoms with Crippen molar-refractivity contribution in [2.24, 2.45) is 0 Å². The fourth-order valence-electron chi connectivity index (χ4n) is 6.61. The van der Waals surface area contributed by atoms with Gasteiger partial charge in [-0.2, -0.15) is 5.01 Å². The number of benzene rings is 2. The Morgan fingerprint density at radius 3 is 2.31 bits per heavy atom. The molecule has 5 aliphatic rings. The molecule has 0 bridgehead atoms. The first-order valence-corrected chi connectivity index (χ1v) is 18.6. The van der Waals surface area contributed by atoms with E-state index in [1.165, 1.54) is 6.08 Å². The largest absolute Gasteiger partial charge is 0.510 e. The van der Waals surface area contributed by atoms with Crippen molar-refractivity contribution in [1.82, 2.24) is 14.9 Å². The molecule has 1 N–H and O–H groups in total. The molecule has 2 aromatic carbocycles. The molecule has 1 saturated carbocycles. The number of morpholine rings is 1. The van der Waals surface area contributed by atoms with Crippen molar-refractivity contribution in [2.75, 3.05) is 47.8 Å². The van der Waals surface area contributed by atoms with Gasteiger partial charge in [0.05, 0.1) is 39.0 Å². The maximum Gasteiger partial charge on any atom is 0.510 e. The molecule has 278 valence electrons. The summed E-state index contributed by atoms with van der Waals surface area (Å²) >= 11 is 1.73.